The molecular weight excluding hydrogens is 532 g/mol. The predicted octanol–water partition coefficient (Wildman–Crippen LogP) is 4.58. The van der Waals surface area contributed by atoms with Crippen LogP contribution in [-0.4, -0.2) is 59.7 Å². The highest BCUT2D eigenvalue weighted by molar-refractivity contribution is 9.10. The van der Waals surface area contributed by atoms with Crippen molar-refractivity contribution in [2.24, 2.45) is 0 Å². The maximum absolute atomic E-state index is 12.9. The van der Waals surface area contributed by atoms with Crippen molar-refractivity contribution in [2.45, 2.75) is 6.61 Å². The number of benzene rings is 2. The summed E-state index contributed by atoms with van der Waals surface area (Å²) in [6.45, 7) is 1.86. The minimum atomic E-state index is -0.491. The van der Waals surface area contributed by atoms with Crippen molar-refractivity contribution >= 4 is 62.4 Å². The van der Waals surface area contributed by atoms with Crippen molar-refractivity contribution in [2.75, 3.05) is 32.8 Å². The highest BCUT2D eigenvalue weighted by atomic mass is 79.9. The molecule has 0 radical (unpaired) electrons. The molecule has 2 aromatic carbocycles. The molecule has 2 aliphatic rings. The fraction of sp³-hybridized carbons (Fsp3) is 0.261. The van der Waals surface area contributed by atoms with E-state index in [4.69, 9.17) is 21.1 Å². The summed E-state index contributed by atoms with van der Waals surface area (Å²) >= 11 is 10.2. The number of hydrogen-bond donors (Lipinski definition) is 0. The van der Waals surface area contributed by atoms with Crippen LogP contribution in [0.15, 0.2) is 51.8 Å². The topological polar surface area (TPSA) is 76.2 Å². The molecule has 33 heavy (non-hydrogen) atoms. The van der Waals surface area contributed by atoms with Gasteiger partial charge in [-0.1, -0.05) is 39.7 Å². The van der Waals surface area contributed by atoms with Crippen molar-refractivity contribution in [3.8, 4) is 5.75 Å². The van der Waals surface area contributed by atoms with Gasteiger partial charge in [-0.25, -0.2) is 0 Å². The van der Waals surface area contributed by atoms with Gasteiger partial charge in [-0.3, -0.25) is 19.3 Å². The molecule has 0 unspecified atom stereocenters. The number of halogens is 2. The number of thioether (sulfide) groups is 1. The highest BCUT2D eigenvalue weighted by Crippen LogP contribution is 2.35. The number of carbonyl (C=O) groups is 3. The van der Waals surface area contributed by atoms with E-state index in [1.54, 1.807) is 29.2 Å². The minimum Gasteiger partial charge on any atom is -0.488 e. The van der Waals surface area contributed by atoms with Gasteiger partial charge in [0, 0.05) is 28.1 Å². The summed E-state index contributed by atoms with van der Waals surface area (Å²) in [7, 11) is 0. The molecule has 10 heteroatoms. The molecule has 0 atom stereocenters. The first kappa shape index (κ1) is 23.8. The molecule has 7 nitrogen and oxygen atoms in total. The summed E-state index contributed by atoms with van der Waals surface area (Å²) in [6.07, 6.45) is 1.62. The quantitative estimate of drug-likeness (QED) is 0.490. The van der Waals surface area contributed by atoms with Gasteiger partial charge in [-0.15, -0.1) is 0 Å². The Bertz CT molecular complexity index is 1100. The van der Waals surface area contributed by atoms with Crippen LogP contribution in [0.3, 0.4) is 0 Å². The van der Waals surface area contributed by atoms with Crippen molar-refractivity contribution in [1.29, 1.82) is 0 Å². The molecule has 2 aliphatic heterocycles. The standard InChI is InChI=1S/C23H20BrClN2O5S/c24-17-3-6-19(32-14-15-1-4-18(25)5-2-15)16(11-17)12-20-22(29)27(23(30)33-20)13-21(28)26-7-9-31-10-8-26/h1-6,11-12H,7-10,13-14H2/b20-12+. The number of carbonyl (C=O) groups excluding carboxylic acids is 3. The lowest BCUT2D eigenvalue weighted by Crippen LogP contribution is -2.46. The Labute approximate surface area is 208 Å². The van der Waals surface area contributed by atoms with Gasteiger partial charge in [0.1, 0.15) is 18.9 Å². The zero-order valence-electron chi connectivity index (χ0n) is 17.5. The van der Waals surface area contributed by atoms with Gasteiger partial charge >= 0.3 is 0 Å². The summed E-state index contributed by atoms with van der Waals surface area (Å²) in [5, 5.41) is 0.178. The first-order valence-electron chi connectivity index (χ1n) is 10.2. The van der Waals surface area contributed by atoms with E-state index >= 15 is 0 Å². The molecule has 2 saturated heterocycles. The average molecular weight is 552 g/mol. The number of hydrogen-bond acceptors (Lipinski definition) is 6. The summed E-state index contributed by atoms with van der Waals surface area (Å²) in [5.74, 6) is -0.198. The van der Waals surface area contributed by atoms with Crippen LogP contribution >= 0.6 is 39.3 Å². The van der Waals surface area contributed by atoms with Gasteiger partial charge in [0.25, 0.3) is 11.1 Å². The molecule has 0 aromatic heterocycles. The van der Waals surface area contributed by atoms with Crippen LogP contribution in [0.4, 0.5) is 4.79 Å². The lowest BCUT2D eigenvalue weighted by molar-refractivity contribution is -0.139. The fourth-order valence-electron chi connectivity index (χ4n) is 3.33. The van der Waals surface area contributed by atoms with Crippen LogP contribution in [0.25, 0.3) is 6.08 Å². The maximum Gasteiger partial charge on any atom is 0.294 e. The van der Waals surface area contributed by atoms with Gasteiger partial charge < -0.3 is 14.4 Å². The zero-order chi connectivity index (χ0) is 23.4. The molecular formula is C23H20BrClN2O5S. The van der Waals surface area contributed by atoms with Gasteiger partial charge in [-0.05, 0) is 53.7 Å². The van der Waals surface area contributed by atoms with E-state index in [-0.39, 0.29) is 17.4 Å². The smallest absolute Gasteiger partial charge is 0.294 e. The van der Waals surface area contributed by atoms with Crippen LogP contribution in [0, 0.1) is 0 Å². The Morgan fingerprint density at radius 1 is 1.15 bits per heavy atom. The Morgan fingerprint density at radius 2 is 1.88 bits per heavy atom. The summed E-state index contributed by atoms with van der Waals surface area (Å²) < 4.78 is 12.0. The molecule has 0 spiro atoms. The number of nitrogens with zero attached hydrogens (tertiary/aromatic N) is 2. The van der Waals surface area contributed by atoms with Crippen LogP contribution in [-0.2, 0) is 20.9 Å². The number of amides is 3. The van der Waals surface area contributed by atoms with Crippen molar-refractivity contribution in [3.05, 3.63) is 68.0 Å². The van der Waals surface area contributed by atoms with Gasteiger partial charge in [0.2, 0.25) is 5.91 Å². The van der Waals surface area contributed by atoms with Crippen molar-refractivity contribution in [3.63, 3.8) is 0 Å². The third-order valence-electron chi connectivity index (χ3n) is 5.10. The largest absolute Gasteiger partial charge is 0.488 e. The van der Waals surface area contributed by atoms with E-state index < -0.39 is 11.1 Å². The number of ether oxygens (including phenoxy) is 2. The lowest BCUT2D eigenvalue weighted by Gasteiger charge is -2.28. The van der Waals surface area contributed by atoms with Gasteiger partial charge in [0.15, 0.2) is 0 Å². The summed E-state index contributed by atoms with van der Waals surface area (Å²) in [6, 6.07) is 12.8. The number of morpholine rings is 1. The Morgan fingerprint density at radius 3 is 2.61 bits per heavy atom. The Kier molecular flexibility index (Phi) is 7.75. The zero-order valence-corrected chi connectivity index (χ0v) is 20.6. The molecule has 2 fully saturated rings. The summed E-state index contributed by atoms with van der Waals surface area (Å²) in [4.78, 5) is 40.7. The Balaban J connectivity index is 1.49. The van der Waals surface area contributed by atoms with Gasteiger partial charge in [0.05, 0.1) is 18.1 Å². The molecule has 0 bridgehead atoms. The van der Waals surface area contributed by atoms with Gasteiger partial charge in [-0.2, -0.15) is 0 Å². The molecule has 3 amide bonds. The molecule has 4 rings (SSSR count). The second-order valence-electron chi connectivity index (χ2n) is 7.36. The normalized spacial score (nSPS) is 17.7. The monoisotopic (exact) mass is 550 g/mol. The van der Waals surface area contributed by atoms with E-state index in [0.29, 0.717) is 49.2 Å². The molecule has 0 N–H and O–H groups in total. The molecule has 0 saturated carbocycles. The van der Waals surface area contributed by atoms with Crippen molar-refractivity contribution < 1.29 is 23.9 Å². The third-order valence-corrected chi connectivity index (χ3v) is 6.75. The predicted molar refractivity (Wildman–Crippen MR) is 130 cm³/mol. The van der Waals surface area contributed by atoms with E-state index in [1.807, 2.05) is 24.3 Å². The van der Waals surface area contributed by atoms with E-state index in [1.165, 1.54) is 0 Å². The van der Waals surface area contributed by atoms with E-state index in [2.05, 4.69) is 15.9 Å². The van der Waals surface area contributed by atoms with Crippen LogP contribution in [0.5, 0.6) is 5.75 Å². The van der Waals surface area contributed by atoms with Crippen LogP contribution < -0.4 is 4.74 Å². The third kappa shape index (κ3) is 5.97. The maximum atomic E-state index is 12.9. The minimum absolute atomic E-state index is 0.240. The number of imide groups is 1. The molecule has 0 aliphatic carbocycles. The first-order valence-corrected chi connectivity index (χ1v) is 12.2. The Hall–Kier alpha value is -2.33. The number of rotatable bonds is 6. The van der Waals surface area contributed by atoms with E-state index in [9.17, 15) is 14.4 Å². The van der Waals surface area contributed by atoms with Crippen molar-refractivity contribution in [1.82, 2.24) is 9.80 Å². The fourth-order valence-corrected chi connectivity index (χ4v) is 4.66. The molecule has 2 aromatic rings. The molecule has 172 valence electrons. The molecule has 2 heterocycles. The SMILES string of the molecule is O=C(CN1C(=O)S/C(=C/c2cc(Br)ccc2OCc2ccc(Cl)cc2)C1=O)N1CCOCC1. The first-order chi connectivity index (χ1) is 15.9. The average Bonchev–Trinajstić information content (AvgIpc) is 3.07. The van der Waals surface area contributed by atoms with Crippen LogP contribution in [0.1, 0.15) is 11.1 Å². The summed E-state index contributed by atoms with van der Waals surface area (Å²) in [5.41, 5.74) is 1.58. The van der Waals surface area contributed by atoms with Crippen LogP contribution in [0.2, 0.25) is 5.02 Å². The lowest BCUT2D eigenvalue weighted by atomic mass is 10.1. The second-order valence-corrected chi connectivity index (χ2v) is 9.70. The van der Waals surface area contributed by atoms with E-state index in [0.717, 1.165) is 26.7 Å². The highest BCUT2D eigenvalue weighted by Gasteiger charge is 2.37. The second kappa shape index (κ2) is 10.7.